The number of anilines is 1. The van der Waals surface area contributed by atoms with Crippen molar-refractivity contribution >= 4 is 32.9 Å². The number of fused-ring (bicyclic) bond motifs is 1. The molecule has 34 heavy (non-hydrogen) atoms. The highest BCUT2D eigenvalue weighted by Gasteiger charge is 2.29. The predicted molar refractivity (Wildman–Crippen MR) is 126 cm³/mol. The largest absolute Gasteiger partial charge is 0.451 e. The van der Waals surface area contributed by atoms with E-state index in [4.69, 9.17) is 8.83 Å². The Bertz CT molecular complexity index is 1390. The second kappa shape index (κ2) is 9.03. The van der Waals surface area contributed by atoms with Crippen LogP contribution in [-0.2, 0) is 10.0 Å². The predicted octanol–water partition coefficient (Wildman–Crippen LogP) is 4.69. The van der Waals surface area contributed by atoms with Gasteiger partial charge >= 0.3 is 6.01 Å². The van der Waals surface area contributed by atoms with Gasteiger partial charge in [0.2, 0.25) is 10.0 Å². The van der Waals surface area contributed by atoms with Crippen LogP contribution in [0.25, 0.3) is 22.6 Å². The van der Waals surface area contributed by atoms with Crippen LogP contribution in [-0.4, -0.2) is 41.9 Å². The van der Waals surface area contributed by atoms with E-state index < -0.39 is 15.9 Å². The van der Waals surface area contributed by atoms with Crippen LogP contribution in [0.3, 0.4) is 0 Å². The average Bonchev–Trinajstić information content (AvgIpc) is 3.51. The minimum absolute atomic E-state index is 0.0141. The highest BCUT2D eigenvalue weighted by Crippen LogP contribution is 2.28. The number of rotatable bonds is 6. The normalized spacial score (nSPS) is 15.1. The molecular formula is C24H24N4O5S. The molecule has 0 aliphatic heterocycles. The van der Waals surface area contributed by atoms with E-state index in [-0.39, 0.29) is 28.4 Å². The first kappa shape index (κ1) is 22.3. The minimum Gasteiger partial charge on any atom is -0.451 e. The first-order valence-corrected chi connectivity index (χ1v) is 12.6. The van der Waals surface area contributed by atoms with Crippen molar-refractivity contribution < 1.29 is 22.0 Å². The van der Waals surface area contributed by atoms with Gasteiger partial charge in [-0.15, -0.1) is 5.10 Å². The zero-order valence-corrected chi connectivity index (χ0v) is 19.4. The van der Waals surface area contributed by atoms with Crippen molar-refractivity contribution in [2.75, 3.05) is 12.4 Å². The first-order chi connectivity index (χ1) is 16.4. The molecule has 10 heteroatoms. The molecule has 1 amide bonds. The number of aromatic nitrogens is 2. The number of nitrogens with one attached hydrogen (secondary N) is 1. The third-order valence-electron chi connectivity index (χ3n) is 6.16. The third kappa shape index (κ3) is 4.34. The highest BCUT2D eigenvalue weighted by atomic mass is 32.2. The monoisotopic (exact) mass is 480 g/mol. The van der Waals surface area contributed by atoms with Crippen LogP contribution in [0.4, 0.5) is 6.01 Å². The number of benzene rings is 2. The maximum absolute atomic E-state index is 13.0. The third-order valence-corrected chi connectivity index (χ3v) is 8.09. The molecule has 2 heterocycles. The standard InChI is InChI=1S/C24H24N4O5S/c1-28(18-8-3-2-4-9-18)34(30,31)19-13-11-16(12-14-19)22(29)25-24-27-26-23(33-24)21-15-17-7-5-6-10-20(17)32-21/h5-7,10-15,18H,2-4,8-9H2,1H3,(H,25,27,29). The van der Waals surface area contributed by atoms with Crippen LogP contribution in [0.2, 0.25) is 0 Å². The Hall–Kier alpha value is -3.50. The molecule has 4 aromatic rings. The van der Waals surface area contributed by atoms with Crippen LogP contribution in [0.5, 0.6) is 0 Å². The Morgan fingerprint density at radius 3 is 2.47 bits per heavy atom. The van der Waals surface area contributed by atoms with Gasteiger partial charge in [0.25, 0.3) is 11.8 Å². The number of para-hydroxylation sites is 1. The van der Waals surface area contributed by atoms with Crippen molar-refractivity contribution in [2.24, 2.45) is 0 Å². The molecule has 1 aliphatic rings. The molecule has 1 fully saturated rings. The maximum atomic E-state index is 13.0. The van der Waals surface area contributed by atoms with Gasteiger partial charge in [-0.3, -0.25) is 10.1 Å². The van der Waals surface area contributed by atoms with Crippen LogP contribution in [0.1, 0.15) is 42.5 Å². The molecule has 0 unspecified atom stereocenters. The van der Waals surface area contributed by atoms with E-state index in [9.17, 15) is 13.2 Å². The number of hydrogen-bond donors (Lipinski definition) is 1. The molecule has 5 rings (SSSR count). The van der Waals surface area contributed by atoms with Gasteiger partial charge in [0, 0.05) is 24.0 Å². The molecule has 2 aromatic carbocycles. The summed E-state index contributed by atoms with van der Waals surface area (Å²) in [5, 5.41) is 11.2. The Morgan fingerprint density at radius 2 is 1.74 bits per heavy atom. The van der Waals surface area contributed by atoms with Crippen molar-refractivity contribution in [3.63, 3.8) is 0 Å². The number of hydrogen-bond acceptors (Lipinski definition) is 7. The molecule has 176 valence electrons. The number of carbonyl (C=O) groups is 1. The van der Waals surface area contributed by atoms with E-state index in [1.54, 1.807) is 13.1 Å². The maximum Gasteiger partial charge on any atom is 0.322 e. The molecule has 1 saturated carbocycles. The smallest absolute Gasteiger partial charge is 0.322 e. The average molecular weight is 481 g/mol. The summed E-state index contributed by atoms with van der Waals surface area (Å²) in [6.07, 6.45) is 4.97. The summed E-state index contributed by atoms with van der Waals surface area (Å²) in [7, 11) is -2.00. The van der Waals surface area contributed by atoms with Gasteiger partial charge in [-0.1, -0.05) is 42.6 Å². The molecule has 9 nitrogen and oxygen atoms in total. The van der Waals surface area contributed by atoms with Crippen molar-refractivity contribution in [2.45, 2.75) is 43.0 Å². The Labute approximate surface area is 196 Å². The van der Waals surface area contributed by atoms with Gasteiger partial charge in [0.05, 0.1) is 4.90 Å². The van der Waals surface area contributed by atoms with Gasteiger partial charge in [0.1, 0.15) is 5.58 Å². The molecule has 0 atom stereocenters. The summed E-state index contributed by atoms with van der Waals surface area (Å²) >= 11 is 0. The Balaban J connectivity index is 1.27. The number of amides is 1. The van der Waals surface area contributed by atoms with E-state index in [2.05, 4.69) is 15.5 Å². The molecule has 1 N–H and O–H groups in total. The van der Waals surface area contributed by atoms with Gasteiger partial charge < -0.3 is 8.83 Å². The molecule has 0 saturated heterocycles. The minimum atomic E-state index is -3.63. The van der Waals surface area contributed by atoms with Crippen LogP contribution in [0.15, 0.2) is 68.3 Å². The second-order valence-corrected chi connectivity index (χ2v) is 10.3. The van der Waals surface area contributed by atoms with Gasteiger partial charge in [-0.2, -0.15) is 4.31 Å². The van der Waals surface area contributed by atoms with E-state index in [0.29, 0.717) is 11.3 Å². The summed E-state index contributed by atoms with van der Waals surface area (Å²) in [4.78, 5) is 12.8. The fraction of sp³-hybridized carbons (Fsp3) is 0.292. The Morgan fingerprint density at radius 1 is 1.00 bits per heavy atom. The van der Waals surface area contributed by atoms with Gasteiger partial charge in [0.15, 0.2) is 5.76 Å². The fourth-order valence-electron chi connectivity index (χ4n) is 4.22. The Kier molecular flexibility index (Phi) is 5.93. The lowest BCUT2D eigenvalue weighted by molar-refractivity contribution is 0.102. The summed E-state index contributed by atoms with van der Waals surface area (Å²) in [6, 6.07) is 15.0. The fourth-order valence-corrected chi connectivity index (χ4v) is 5.63. The number of carbonyl (C=O) groups excluding carboxylic acids is 1. The molecule has 0 radical (unpaired) electrons. The van der Waals surface area contributed by atoms with Crippen molar-refractivity contribution in [3.05, 3.63) is 60.2 Å². The van der Waals surface area contributed by atoms with E-state index in [1.165, 1.54) is 28.6 Å². The molecule has 0 spiro atoms. The summed E-state index contributed by atoms with van der Waals surface area (Å²) < 4.78 is 38.6. The zero-order valence-electron chi connectivity index (χ0n) is 18.6. The lowest BCUT2D eigenvalue weighted by Gasteiger charge is -2.30. The van der Waals surface area contributed by atoms with Crippen molar-refractivity contribution in [1.29, 1.82) is 0 Å². The van der Waals surface area contributed by atoms with Crippen LogP contribution >= 0.6 is 0 Å². The number of nitrogens with zero attached hydrogens (tertiary/aromatic N) is 3. The SMILES string of the molecule is CN(C1CCCCC1)S(=O)(=O)c1ccc(C(=O)Nc2nnc(-c3cc4ccccc4o3)o2)cc1. The molecule has 2 aromatic heterocycles. The zero-order chi connectivity index (χ0) is 23.7. The van der Waals surface area contributed by atoms with Crippen molar-refractivity contribution in [3.8, 4) is 11.7 Å². The molecule has 0 bridgehead atoms. The number of furan rings is 1. The van der Waals surface area contributed by atoms with Crippen LogP contribution in [0, 0.1) is 0 Å². The lowest BCUT2D eigenvalue weighted by atomic mass is 9.96. The quantitative estimate of drug-likeness (QED) is 0.425. The summed E-state index contributed by atoms with van der Waals surface area (Å²) in [5.74, 6) is 0.0360. The topological polar surface area (TPSA) is 119 Å². The van der Waals surface area contributed by atoms with E-state index in [1.807, 2.05) is 24.3 Å². The first-order valence-electron chi connectivity index (χ1n) is 11.1. The lowest BCUT2D eigenvalue weighted by Crippen LogP contribution is -2.38. The van der Waals surface area contributed by atoms with Gasteiger partial charge in [-0.05, 0) is 49.2 Å². The highest BCUT2D eigenvalue weighted by molar-refractivity contribution is 7.89. The second-order valence-electron chi connectivity index (χ2n) is 8.35. The van der Waals surface area contributed by atoms with Crippen LogP contribution < -0.4 is 5.32 Å². The number of sulfonamides is 1. The molecule has 1 aliphatic carbocycles. The summed E-state index contributed by atoms with van der Waals surface area (Å²) in [6.45, 7) is 0. The van der Waals surface area contributed by atoms with Gasteiger partial charge in [-0.25, -0.2) is 8.42 Å². The van der Waals surface area contributed by atoms with E-state index >= 15 is 0 Å². The summed E-state index contributed by atoms with van der Waals surface area (Å²) in [5.41, 5.74) is 0.952. The van der Waals surface area contributed by atoms with Crippen molar-refractivity contribution in [1.82, 2.24) is 14.5 Å². The van der Waals surface area contributed by atoms with E-state index in [0.717, 1.165) is 37.5 Å². The molecular weight excluding hydrogens is 456 g/mol.